The number of nitrogens with one attached hydrogen (secondary N) is 1. The molecule has 1 aromatic rings. The monoisotopic (exact) mass is 162 g/mol. The van der Waals surface area contributed by atoms with Crippen LogP contribution in [0, 0.1) is 6.92 Å². The minimum absolute atomic E-state index is 1.01. The third-order valence-corrected chi connectivity index (χ3v) is 2.33. The van der Waals surface area contributed by atoms with Crippen molar-refractivity contribution < 1.29 is 0 Å². The summed E-state index contributed by atoms with van der Waals surface area (Å²) in [4.78, 5) is 4.31. The standard InChI is InChI=1S/C10H14N2/c1-8-5-10-6-11-4-2-3-9(10)7-12-8/h5,7,11H,2-4,6H2,1H3. The van der Waals surface area contributed by atoms with Gasteiger partial charge in [-0.3, -0.25) is 4.98 Å². The zero-order valence-electron chi connectivity index (χ0n) is 7.43. The van der Waals surface area contributed by atoms with E-state index in [1.165, 1.54) is 24.0 Å². The van der Waals surface area contributed by atoms with Crippen molar-refractivity contribution in [3.63, 3.8) is 0 Å². The van der Waals surface area contributed by atoms with Crippen molar-refractivity contribution in [2.75, 3.05) is 6.54 Å². The van der Waals surface area contributed by atoms with E-state index in [1.807, 2.05) is 13.1 Å². The van der Waals surface area contributed by atoms with Gasteiger partial charge in [-0.2, -0.15) is 0 Å². The summed E-state index contributed by atoms with van der Waals surface area (Å²) in [6.45, 7) is 4.19. The number of pyridine rings is 1. The molecule has 1 aliphatic heterocycles. The Hall–Kier alpha value is -0.890. The minimum Gasteiger partial charge on any atom is -0.313 e. The fraction of sp³-hybridized carbons (Fsp3) is 0.500. The lowest BCUT2D eigenvalue weighted by Gasteiger charge is -2.04. The van der Waals surface area contributed by atoms with Gasteiger partial charge in [0, 0.05) is 18.4 Å². The number of nitrogens with zero attached hydrogens (tertiary/aromatic N) is 1. The molecular weight excluding hydrogens is 148 g/mol. The molecule has 64 valence electrons. The van der Waals surface area contributed by atoms with E-state index in [1.54, 1.807) is 0 Å². The van der Waals surface area contributed by atoms with Crippen LogP contribution in [0.4, 0.5) is 0 Å². The van der Waals surface area contributed by atoms with E-state index in [0.29, 0.717) is 0 Å². The first kappa shape index (κ1) is 7.74. The summed E-state index contributed by atoms with van der Waals surface area (Å²) >= 11 is 0. The zero-order chi connectivity index (χ0) is 8.39. The van der Waals surface area contributed by atoms with Crippen molar-refractivity contribution in [2.24, 2.45) is 0 Å². The summed E-state index contributed by atoms with van der Waals surface area (Å²) < 4.78 is 0. The summed E-state index contributed by atoms with van der Waals surface area (Å²) in [6, 6.07) is 2.19. The molecule has 0 unspecified atom stereocenters. The Bertz CT molecular complexity index is 281. The average molecular weight is 162 g/mol. The van der Waals surface area contributed by atoms with Crippen LogP contribution in [0.15, 0.2) is 12.3 Å². The van der Waals surface area contributed by atoms with Gasteiger partial charge in [0.15, 0.2) is 0 Å². The van der Waals surface area contributed by atoms with E-state index in [4.69, 9.17) is 0 Å². The van der Waals surface area contributed by atoms with Gasteiger partial charge in [-0.15, -0.1) is 0 Å². The highest BCUT2D eigenvalue weighted by Crippen LogP contribution is 2.13. The van der Waals surface area contributed by atoms with Gasteiger partial charge in [0.1, 0.15) is 0 Å². The highest BCUT2D eigenvalue weighted by molar-refractivity contribution is 5.27. The van der Waals surface area contributed by atoms with Gasteiger partial charge >= 0.3 is 0 Å². The van der Waals surface area contributed by atoms with Crippen molar-refractivity contribution in [3.8, 4) is 0 Å². The molecule has 0 bridgehead atoms. The third-order valence-electron chi connectivity index (χ3n) is 2.33. The molecule has 0 radical (unpaired) electrons. The Morgan fingerprint density at radius 3 is 3.25 bits per heavy atom. The number of aryl methyl sites for hydroxylation is 2. The molecular formula is C10H14N2. The van der Waals surface area contributed by atoms with Crippen molar-refractivity contribution in [2.45, 2.75) is 26.3 Å². The predicted molar refractivity (Wildman–Crippen MR) is 49.0 cm³/mol. The molecule has 1 N–H and O–H groups in total. The predicted octanol–water partition coefficient (Wildman–Crippen LogP) is 1.43. The maximum atomic E-state index is 4.31. The smallest absolute Gasteiger partial charge is 0.0376 e. The molecule has 2 nitrogen and oxygen atoms in total. The summed E-state index contributed by atoms with van der Waals surface area (Å²) in [5.74, 6) is 0. The molecule has 0 amide bonds. The van der Waals surface area contributed by atoms with Crippen molar-refractivity contribution in [1.82, 2.24) is 10.3 Å². The van der Waals surface area contributed by atoms with E-state index >= 15 is 0 Å². The maximum Gasteiger partial charge on any atom is 0.0376 e. The lowest BCUT2D eigenvalue weighted by molar-refractivity contribution is 0.680. The van der Waals surface area contributed by atoms with Crippen LogP contribution in [0.3, 0.4) is 0 Å². The molecule has 0 saturated carbocycles. The van der Waals surface area contributed by atoms with E-state index < -0.39 is 0 Å². The Morgan fingerprint density at radius 1 is 1.42 bits per heavy atom. The van der Waals surface area contributed by atoms with Gasteiger partial charge in [0.2, 0.25) is 0 Å². The van der Waals surface area contributed by atoms with Crippen LogP contribution in [0.5, 0.6) is 0 Å². The Kier molecular flexibility index (Phi) is 2.09. The number of hydrogen-bond donors (Lipinski definition) is 1. The second kappa shape index (κ2) is 3.23. The van der Waals surface area contributed by atoms with Crippen LogP contribution < -0.4 is 5.32 Å². The Morgan fingerprint density at radius 2 is 2.33 bits per heavy atom. The topological polar surface area (TPSA) is 24.9 Å². The summed E-state index contributed by atoms with van der Waals surface area (Å²) in [6.07, 6.45) is 4.44. The largest absolute Gasteiger partial charge is 0.313 e. The van der Waals surface area contributed by atoms with Crippen LogP contribution in [-0.4, -0.2) is 11.5 Å². The molecule has 0 aromatic carbocycles. The molecule has 1 aromatic heterocycles. The lowest BCUT2D eigenvalue weighted by atomic mass is 10.1. The quantitative estimate of drug-likeness (QED) is 0.624. The van der Waals surface area contributed by atoms with Crippen LogP contribution in [0.25, 0.3) is 0 Å². The molecule has 0 spiro atoms. The van der Waals surface area contributed by atoms with E-state index in [2.05, 4.69) is 16.4 Å². The number of rotatable bonds is 0. The Balaban J connectivity index is 2.36. The molecule has 12 heavy (non-hydrogen) atoms. The fourth-order valence-corrected chi connectivity index (χ4v) is 1.66. The second-order valence-corrected chi connectivity index (χ2v) is 3.37. The van der Waals surface area contributed by atoms with Crippen molar-refractivity contribution in [3.05, 3.63) is 29.1 Å². The molecule has 2 rings (SSSR count). The second-order valence-electron chi connectivity index (χ2n) is 3.37. The zero-order valence-corrected chi connectivity index (χ0v) is 7.43. The summed E-state index contributed by atoms with van der Waals surface area (Å²) in [7, 11) is 0. The first-order valence-corrected chi connectivity index (χ1v) is 4.51. The maximum absolute atomic E-state index is 4.31. The summed E-state index contributed by atoms with van der Waals surface area (Å²) in [5, 5.41) is 3.40. The van der Waals surface area contributed by atoms with Crippen LogP contribution in [0.2, 0.25) is 0 Å². The number of hydrogen-bond acceptors (Lipinski definition) is 2. The molecule has 0 fully saturated rings. The van der Waals surface area contributed by atoms with Crippen molar-refractivity contribution in [1.29, 1.82) is 0 Å². The van der Waals surface area contributed by atoms with E-state index in [0.717, 1.165) is 18.8 Å². The molecule has 2 heterocycles. The Labute approximate surface area is 73.0 Å². The van der Waals surface area contributed by atoms with Gasteiger partial charge in [0.05, 0.1) is 0 Å². The summed E-state index contributed by atoms with van der Waals surface area (Å²) in [5.41, 5.74) is 3.98. The van der Waals surface area contributed by atoms with Gasteiger partial charge in [-0.25, -0.2) is 0 Å². The number of fused-ring (bicyclic) bond motifs is 1. The first-order valence-electron chi connectivity index (χ1n) is 4.51. The van der Waals surface area contributed by atoms with Crippen LogP contribution in [0.1, 0.15) is 23.2 Å². The lowest BCUT2D eigenvalue weighted by Crippen LogP contribution is -2.12. The normalized spacial score (nSPS) is 16.8. The van der Waals surface area contributed by atoms with Crippen LogP contribution in [-0.2, 0) is 13.0 Å². The SMILES string of the molecule is Cc1cc2c(cn1)CCCNC2. The molecule has 0 atom stereocenters. The molecule has 0 aliphatic carbocycles. The van der Waals surface area contributed by atoms with Crippen molar-refractivity contribution >= 4 is 0 Å². The molecule has 1 aliphatic rings. The first-order chi connectivity index (χ1) is 5.86. The highest BCUT2D eigenvalue weighted by Gasteiger charge is 2.06. The molecule has 2 heteroatoms. The minimum atomic E-state index is 1.01. The van der Waals surface area contributed by atoms with Crippen LogP contribution >= 0.6 is 0 Å². The number of aromatic nitrogens is 1. The molecule has 0 saturated heterocycles. The third kappa shape index (κ3) is 1.48. The van der Waals surface area contributed by atoms with E-state index in [-0.39, 0.29) is 0 Å². The van der Waals surface area contributed by atoms with E-state index in [9.17, 15) is 0 Å². The highest BCUT2D eigenvalue weighted by atomic mass is 14.9. The fourth-order valence-electron chi connectivity index (χ4n) is 1.66. The van der Waals surface area contributed by atoms with Gasteiger partial charge < -0.3 is 5.32 Å². The van der Waals surface area contributed by atoms with Gasteiger partial charge in [0.25, 0.3) is 0 Å². The average Bonchev–Trinajstić information content (AvgIpc) is 2.28. The van der Waals surface area contributed by atoms with Gasteiger partial charge in [-0.1, -0.05) is 0 Å². The van der Waals surface area contributed by atoms with Gasteiger partial charge in [-0.05, 0) is 43.5 Å².